The van der Waals surface area contributed by atoms with Gasteiger partial charge in [-0.2, -0.15) is 0 Å². The van der Waals surface area contributed by atoms with Crippen LogP contribution in [0.2, 0.25) is 0 Å². The van der Waals surface area contributed by atoms with Crippen LogP contribution in [0.5, 0.6) is 0 Å². The first-order valence-corrected chi connectivity index (χ1v) is 8.40. The van der Waals surface area contributed by atoms with Crippen molar-refractivity contribution in [2.75, 3.05) is 26.7 Å². The predicted octanol–water partition coefficient (Wildman–Crippen LogP) is 2.19. The number of amides is 2. The van der Waals surface area contributed by atoms with E-state index >= 15 is 0 Å². The lowest BCUT2D eigenvalue weighted by molar-refractivity contribution is -0.119. The first kappa shape index (κ1) is 24.9. The van der Waals surface area contributed by atoms with E-state index in [1.807, 2.05) is 41.5 Å². The smallest absolute Gasteiger partial charge is 0.407 e. The second-order valence-electron chi connectivity index (χ2n) is 7.36. The summed E-state index contributed by atoms with van der Waals surface area (Å²) >= 11 is 0. The third-order valence-electron chi connectivity index (χ3n) is 2.64. The standard InChI is InChI=1S/C12H25N3O3.C5H12O/c1-12(2,3)18-11(17)15-8-6-4-5-7-14-10(16)9-13;1-5(2,3)6-4/h4-9,13H2,1-3H3,(H,14,16)(H,15,17);1-4H3. The van der Waals surface area contributed by atoms with E-state index in [1.165, 1.54) is 0 Å². The lowest BCUT2D eigenvalue weighted by Gasteiger charge is -2.19. The van der Waals surface area contributed by atoms with Gasteiger partial charge < -0.3 is 25.8 Å². The number of nitrogens with two attached hydrogens (primary N) is 1. The van der Waals surface area contributed by atoms with Crippen molar-refractivity contribution in [3.63, 3.8) is 0 Å². The van der Waals surface area contributed by atoms with E-state index in [1.54, 1.807) is 7.11 Å². The molecule has 0 aromatic heterocycles. The summed E-state index contributed by atoms with van der Waals surface area (Å²) in [5.41, 5.74) is 4.72. The molecular weight excluding hydrogens is 310 g/mol. The maximum Gasteiger partial charge on any atom is 0.407 e. The Hall–Kier alpha value is -1.34. The number of rotatable bonds is 7. The maximum absolute atomic E-state index is 11.3. The van der Waals surface area contributed by atoms with Crippen LogP contribution in [0.1, 0.15) is 60.8 Å². The van der Waals surface area contributed by atoms with E-state index < -0.39 is 5.60 Å². The van der Waals surface area contributed by atoms with Gasteiger partial charge in [0.25, 0.3) is 0 Å². The molecule has 0 spiro atoms. The van der Waals surface area contributed by atoms with E-state index in [0.29, 0.717) is 13.1 Å². The summed E-state index contributed by atoms with van der Waals surface area (Å²) in [7, 11) is 1.71. The molecule has 0 aliphatic heterocycles. The van der Waals surface area contributed by atoms with Crippen molar-refractivity contribution in [2.24, 2.45) is 5.73 Å². The first-order valence-electron chi connectivity index (χ1n) is 8.40. The van der Waals surface area contributed by atoms with Crippen molar-refractivity contribution < 1.29 is 19.1 Å². The Kier molecular flexibility index (Phi) is 13.5. The van der Waals surface area contributed by atoms with Gasteiger partial charge in [0, 0.05) is 20.2 Å². The van der Waals surface area contributed by atoms with Crippen molar-refractivity contribution in [1.29, 1.82) is 0 Å². The Morgan fingerprint density at radius 3 is 1.71 bits per heavy atom. The van der Waals surface area contributed by atoms with Crippen molar-refractivity contribution >= 4 is 12.0 Å². The van der Waals surface area contributed by atoms with Crippen molar-refractivity contribution in [3.05, 3.63) is 0 Å². The molecule has 0 rings (SSSR count). The van der Waals surface area contributed by atoms with Gasteiger partial charge in [-0.05, 0) is 60.8 Å². The molecule has 144 valence electrons. The number of carbonyl (C=O) groups excluding carboxylic acids is 2. The number of nitrogens with one attached hydrogen (secondary N) is 2. The van der Waals surface area contributed by atoms with Gasteiger partial charge in [-0.25, -0.2) is 4.79 Å². The normalized spacial score (nSPS) is 11.2. The van der Waals surface area contributed by atoms with Gasteiger partial charge in [-0.15, -0.1) is 0 Å². The molecule has 7 nitrogen and oxygen atoms in total. The number of ether oxygens (including phenoxy) is 2. The average molecular weight is 348 g/mol. The summed E-state index contributed by atoms with van der Waals surface area (Å²) in [6.07, 6.45) is 2.28. The highest BCUT2D eigenvalue weighted by Crippen LogP contribution is 2.06. The summed E-state index contributed by atoms with van der Waals surface area (Å²) in [4.78, 5) is 22.1. The van der Waals surface area contributed by atoms with E-state index in [0.717, 1.165) is 19.3 Å². The lowest BCUT2D eigenvalue weighted by atomic mass is 10.2. The zero-order valence-electron chi connectivity index (χ0n) is 16.5. The number of hydrogen-bond donors (Lipinski definition) is 3. The van der Waals surface area contributed by atoms with Crippen LogP contribution in [0.15, 0.2) is 0 Å². The van der Waals surface area contributed by atoms with Crippen LogP contribution < -0.4 is 16.4 Å². The number of hydrogen-bond acceptors (Lipinski definition) is 5. The average Bonchev–Trinajstić information content (AvgIpc) is 2.44. The maximum atomic E-state index is 11.3. The van der Waals surface area contributed by atoms with Crippen molar-refractivity contribution in [2.45, 2.75) is 72.0 Å². The number of methoxy groups -OCH3 is 1. The summed E-state index contributed by atoms with van der Waals surface area (Å²) in [5, 5.41) is 5.37. The van der Waals surface area contributed by atoms with Crippen LogP contribution in [-0.2, 0) is 14.3 Å². The van der Waals surface area contributed by atoms with E-state index in [-0.39, 0.29) is 24.1 Å². The fourth-order valence-corrected chi connectivity index (χ4v) is 1.23. The minimum Gasteiger partial charge on any atom is -0.444 e. The molecule has 0 atom stereocenters. The Bertz CT molecular complexity index is 347. The molecule has 0 radical (unpaired) electrons. The third kappa shape index (κ3) is 22.9. The summed E-state index contributed by atoms with van der Waals surface area (Å²) in [6.45, 7) is 12.8. The molecule has 0 unspecified atom stereocenters. The van der Waals surface area contributed by atoms with Crippen LogP contribution in [0, 0.1) is 0 Å². The second kappa shape index (κ2) is 13.0. The molecule has 0 saturated heterocycles. The Balaban J connectivity index is 0. The van der Waals surface area contributed by atoms with Gasteiger partial charge >= 0.3 is 6.09 Å². The fraction of sp³-hybridized carbons (Fsp3) is 0.882. The Morgan fingerprint density at radius 2 is 1.33 bits per heavy atom. The summed E-state index contributed by atoms with van der Waals surface area (Å²) in [5.74, 6) is -0.137. The highest BCUT2D eigenvalue weighted by atomic mass is 16.6. The summed E-state index contributed by atoms with van der Waals surface area (Å²) in [6, 6.07) is 0. The minimum atomic E-state index is -0.462. The Labute approximate surface area is 147 Å². The SMILES string of the molecule is CC(C)(C)OC(=O)NCCCCCNC(=O)CN.COC(C)(C)C. The topological polar surface area (TPSA) is 103 Å². The molecule has 0 saturated carbocycles. The van der Waals surface area contributed by atoms with Crippen molar-refractivity contribution in [1.82, 2.24) is 10.6 Å². The number of unbranched alkanes of at least 4 members (excludes halogenated alkanes) is 2. The number of alkyl carbamates (subject to hydrolysis) is 1. The summed E-state index contributed by atoms with van der Waals surface area (Å²) < 4.78 is 10.0. The molecule has 0 heterocycles. The zero-order chi connectivity index (χ0) is 19.2. The quantitative estimate of drug-likeness (QED) is 0.613. The van der Waals surface area contributed by atoms with E-state index in [2.05, 4.69) is 10.6 Å². The first-order chi connectivity index (χ1) is 10.9. The molecular formula is C17H37N3O4. The molecule has 24 heavy (non-hydrogen) atoms. The lowest BCUT2D eigenvalue weighted by Crippen LogP contribution is -2.33. The van der Waals surface area contributed by atoms with Gasteiger partial charge in [-0.3, -0.25) is 4.79 Å². The molecule has 2 amide bonds. The van der Waals surface area contributed by atoms with E-state index in [9.17, 15) is 9.59 Å². The van der Waals surface area contributed by atoms with Crippen LogP contribution in [0.3, 0.4) is 0 Å². The van der Waals surface area contributed by atoms with Gasteiger partial charge in [0.05, 0.1) is 12.1 Å². The molecule has 0 aromatic rings. The van der Waals surface area contributed by atoms with Crippen LogP contribution in [-0.4, -0.2) is 49.9 Å². The van der Waals surface area contributed by atoms with Crippen LogP contribution >= 0.6 is 0 Å². The Morgan fingerprint density at radius 1 is 0.875 bits per heavy atom. The highest BCUT2D eigenvalue weighted by molar-refractivity contribution is 5.77. The van der Waals surface area contributed by atoms with Crippen molar-refractivity contribution in [3.8, 4) is 0 Å². The third-order valence-corrected chi connectivity index (χ3v) is 2.64. The number of carbonyl (C=O) groups is 2. The van der Waals surface area contributed by atoms with Crippen LogP contribution in [0.25, 0.3) is 0 Å². The van der Waals surface area contributed by atoms with Crippen LogP contribution in [0.4, 0.5) is 4.79 Å². The molecule has 0 fully saturated rings. The van der Waals surface area contributed by atoms with Gasteiger partial charge in [0.15, 0.2) is 0 Å². The van der Waals surface area contributed by atoms with Gasteiger partial charge in [-0.1, -0.05) is 0 Å². The monoisotopic (exact) mass is 347 g/mol. The molecule has 0 bridgehead atoms. The zero-order valence-corrected chi connectivity index (χ0v) is 16.5. The van der Waals surface area contributed by atoms with Gasteiger partial charge in [0.1, 0.15) is 5.60 Å². The molecule has 0 aromatic carbocycles. The second-order valence-corrected chi connectivity index (χ2v) is 7.36. The van der Waals surface area contributed by atoms with Gasteiger partial charge in [0.2, 0.25) is 5.91 Å². The fourth-order valence-electron chi connectivity index (χ4n) is 1.23. The molecule has 0 aliphatic carbocycles. The predicted molar refractivity (Wildman–Crippen MR) is 96.9 cm³/mol. The molecule has 4 N–H and O–H groups in total. The molecule has 7 heteroatoms. The highest BCUT2D eigenvalue weighted by Gasteiger charge is 2.15. The largest absolute Gasteiger partial charge is 0.444 e. The minimum absolute atomic E-state index is 0.0280. The van der Waals surface area contributed by atoms with E-state index in [4.69, 9.17) is 15.2 Å². The molecule has 0 aliphatic rings.